The lowest BCUT2D eigenvalue weighted by atomic mass is 10.2. The van der Waals surface area contributed by atoms with Crippen molar-refractivity contribution < 1.29 is 4.74 Å². The minimum absolute atomic E-state index is 0.000191. The van der Waals surface area contributed by atoms with E-state index in [0.717, 1.165) is 17.3 Å². The van der Waals surface area contributed by atoms with Gasteiger partial charge in [0.1, 0.15) is 0 Å². The van der Waals surface area contributed by atoms with Crippen LogP contribution < -0.4 is 10.2 Å². The van der Waals surface area contributed by atoms with Crippen molar-refractivity contribution in [1.82, 2.24) is 5.32 Å². The van der Waals surface area contributed by atoms with Crippen molar-refractivity contribution in [2.24, 2.45) is 0 Å². The van der Waals surface area contributed by atoms with Crippen molar-refractivity contribution in [2.75, 3.05) is 18.6 Å². The number of anilines is 1. The average molecular weight is 222 g/mol. The van der Waals surface area contributed by atoms with Crippen molar-refractivity contribution in [3.63, 3.8) is 0 Å². The summed E-state index contributed by atoms with van der Waals surface area (Å²) in [6.07, 6.45) is 0.000191. The van der Waals surface area contributed by atoms with E-state index in [-0.39, 0.29) is 6.23 Å². The molecule has 0 saturated carbocycles. The number of nitrogens with one attached hydrogen (secondary N) is 1. The van der Waals surface area contributed by atoms with Crippen LogP contribution in [0.15, 0.2) is 24.3 Å². The number of hydrogen-bond acceptors (Lipinski definition) is 2. The van der Waals surface area contributed by atoms with Gasteiger partial charge in [0, 0.05) is 12.8 Å². The van der Waals surface area contributed by atoms with E-state index in [9.17, 15) is 0 Å². The SMILES string of the molecule is CO[C@@H]1CNC(=S)N1c1ccc(C)cc1. The molecule has 0 spiro atoms. The van der Waals surface area contributed by atoms with Crippen LogP contribution in [-0.4, -0.2) is 25.0 Å². The van der Waals surface area contributed by atoms with Crippen LogP contribution in [0.4, 0.5) is 5.69 Å². The van der Waals surface area contributed by atoms with Crippen LogP contribution in [0.25, 0.3) is 0 Å². The molecule has 0 radical (unpaired) electrons. The Morgan fingerprint density at radius 2 is 2.07 bits per heavy atom. The first kappa shape index (κ1) is 10.4. The summed E-state index contributed by atoms with van der Waals surface area (Å²) in [6.45, 7) is 2.81. The standard InChI is InChI=1S/C11H14N2OS/c1-8-3-5-9(6-4-8)13-10(14-2)7-12-11(13)15/h3-6,10H,7H2,1-2H3,(H,12,15)/t10-/m1/s1. The molecule has 1 fully saturated rings. The van der Waals surface area contributed by atoms with Gasteiger partial charge in [0.15, 0.2) is 11.3 Å². The maximum atomic E-state index is 5.35. The maximum absolute atomic E-state index is 5.35. The minimum atomic E-state index is 0.000191. The predicted molar refractivity (Wildman–Crippen MR) is 65.1 cm³/mol. The Morgan fingerprint density at radius 3 is 2.67 bits per heavy atom. The molecule has 3 nitrogen and oxygen atoms in total. The number of hydrogen-bond donors (Lipinski definition) is 1. The summed E-state index contributed by atoms with van der Waals surface area (Å²) in [4.78, 5) is 1.99. The third kappa shape index (κ3) is 1.96. The third-order valence-corrected chi connectivity index (χ3v) is 2.86. The molecule has 1 aliphatic rings. The van der Waals surface area contributed by atoms with Gasteiger partial charge in [-0.2, -0.15) is 0 Å². The first-order valence-electron chi connectivity index (χ1n) is 4.89. The van der Waals surface area contributed by atoms with Gasteiger partial charge in [-0.15, -0.1) is 0 Å². The Morgan fingerprint density at radius 1 is 1.40 bits per heavy atom. The molecule has 1 N–H and O–H groups in total. The number of aryl methyl sites for hydroxylation is 1. The number of ether oxygens (including phenoxy) is 1. The highest BCUT2D eigenvalue weighted by atomic mass is 32.1. The van der Waals surface area contributed by atoms with E-state index in [1.54, 1.807) is 7.11 Å². The highest BCUT2D eigenvalue weighted by Crippen LogP contribution is 2.21. The van der Waals surface area contributed by atoms with E-state index < -0.39 is 0 Å². The highest BCUT2D eigenvalue weighted by molar-refractivity contribution is 7.80. The summed E-state index contributed by atoms with van der Waals surface area (Å²) in [7, 11) is 1.70. The summed E-state index contributed by atoms with van der Waals surface area (Å²) >= 11 is 5.23. The van der Waals surface area contributed by atoms with Crippen LogP contribution in [0.2, 0.25) is 0 Å². The second kappa shape index (κ2) is 4.16. The molecule has 1 aliphatic heterocycles. The Labute approximate surface area is 95.0 Å². The lowest BCUT2D eigenvalue weighted by Gasteiger charge is -2.23. The molecule has 1 aromatic rings. The van der Waals surface area contributed by atoms with Crippen molar-refractivity contribution in [3.05, 3.63) is 29.8 Å². The molecule has 0 aromatic heterocycles. The second-order valence-corrected chi connectivity index (χ2v) is 3.97. The Hall–Kier alpha value is -1.13. The molecule has 1 aromatic carbocycles. The number of thiocarbonyl (C=S) groups is 1. The Bertz CT molecular complexity index is 363. The van der Waals surface area contributed by atoms with Crippen LogP contribution in [0, 0.1) is 6.92 Å². The highest BCUT2D eigenvalue weighted by Gasteiger charge is 2.28. The van der Waals surface area contributed by atoms with E-state index in [0.29, 0.717) is 0 Å². The number of methoxy groups -OCH3 is 1. The zero-order valence-electron chi connectivity index (χ0n) is 8.86. The summed E-state index contributed by atoms with van der Waals surface area (Å²) in [5.41, 5.74) is 2.31. The van der Waals surface area contributed by atoms with Gasteiger partial charge in [-0.3, -0.25) is 4.90 Å². The molecule has 0 bridgehead atoms. The molecule has 80 valence electrons. The van der Waals surface area contributed by atoms with Gasteiger partial charge in [0.25, 0.3) is 0 Å². The smallest absolute Gasteiger partial charge is 0.175 e. The molecule has 15 heavy (non-hydrogen) atoms. The molecule has 1 saturated heterocycles. The summed E-state index contributed by atoms with van der Waals surface area (Å²) in [5, 5.41) is 3.84. The zero-order chi connectivity index (χ0) is 10.8. The Balaban J connectivity index is 2.28. The molecule has 1 atom stereocenters. The van der Waals surface area contributed by atoms with Gasteiger partial charge in [0.2, 0.25) is 0 Å². The minimum Gasteiger partial charge on any atom is -0.359 e. The first-order chi connectivity index (χ1) is 7.22. The summed E-state index contributed by atoms with van der Waals surface area (Å²) < 4.78 is 5.35. The van der Waals surface area contributed by atoms with E-state index in [2.05, 4.69) is 36.5 Å². The zero-order valence-corrected chi connectivity index (χ0v) is 9.67. The second-order valence-electron chi connectivity index (χ2n) is 3.58. The van der Waals surface area contributed by atoms with Crippen LogP contribution >= 0.6 is 12.2 Å². The van der Waals surface area contributed by atoms with E-state index in [1.807, 2.05) is 4.90 Å². The van der Waals surface area contributed by atoms with E-state index >= 15 is 0 Å². The fourth-order valence-electron chi connectivity index (χ4n) is 1.66. The number of benzene rings is 1. The van der Waals surface area contributed by atoms with Crippen molar-refractivity contribution in [3.8, 4) is 0 Å². The van der Waals surface area contributed by atoms with Gasteiger partial charge >= 0.3 is 0 Å². The number of nitrogens with zero attached hydrogens (tertiary/aromatic N) is 1. The monoisotopic (exact) mass is 222 g/mol. The molecular weight excluding hydrogens is 208 g/mol. The first-order valence-corrected chi connectivity index (χ1v) is 5.29. The van der Waals surface area contributed by atoms with Gasteiger partial charge in [-0.25, -0.2) is 0 Å². The van der Waals surface area contributed by atoms with Crippen molar-refractivity contribution >= 4 is 23.0 Å². The molecule has 0 unspecified atom stereocenters. The lowest BCUT2D eigenvalue weighted by molar-refractivity contribution is 0.123. The van der Waals surface area contributed by atoms with Gasteiger partial charge in [0.05, 0.1) is 6.54 Å². The largest absolute Gasteiger partial charge is 0.359 e. The van der Waals surface area contributed by atoms with E-state index in [1.165, 1.54) is 5.56 Å². The van der Waals surface area contributed by atoms with Crippen LogP contribution in [0.5, 0.6) is 0 Å². The lowest BCUT2D eigenvalue weighted by Crippen LogP contribution is -2.35. The van der Waals surface area contributed by atoms with Gasteiger partial charge in [-0.05, 0) is 31.3 Å². The maximum Gasteiger partial charge on any atom is 0.175 e. The molecule has 2 rings (SSSR count). The third-order valence-electron chi connectivity index (χ3n) is 2.52. The normalized spacial score (nSPS) is 20.5. The van der Waals surface area contributed by atoms with Crippen LogP contribution in [0.1, 0.15) is 5.56 Å². The molecule has 0 amide bonds. The molecule has 0 aliphatic carbocycles. The summed E-state index contributed by atoms with van der Waals surface area (Å²) in [5.74, 6) is 0. The van der Waals surface area contributed by atoms with E-state index in [4.69, 9.17) is 17.0 Å². The predicted octanol–water partition coefficient (Wildman–Crippen LogP) is 1.66. The van der Waals surface area contributed by atoms with Gasteiger partial charge in [-0.1, -0.05) is 17.7 Å². The number of rotatable bonds is 2. The topological polar surface area (TPSA) is 24.5 Å². The fourth-order valence-corrected chi connectivity index (χ4v) is 1.97. The quantitative estimate of drug-likeness (QED) is 0.769. The van der Waals surface area contributed by atoms with Gasteiger partial charge < -0.3 is 10.1 Å². The van der Waals surface area contributed by atoms with Crippen molar-refractivity contribution in [2.45, 2.75) is 13.2 Å². The van der Waals surface area contributed by atoms with Crippen LogP contribution in [-0.2, 0) is 4.74 Å². The fraction of sp³-hybridized carbons (Fsp3) is 0.364. The van der Waals surface area contributed by atoms with Crippen molar-refractivity contribution in [1.29, 1.82) is 0 Å². The Kier molecular flexibility index (Phi) is 2.88. The molecule has 4 heteroatoms. The average Bonchev–Trinajstić information content (AvgIpc) is 2.61. The van der Waals surface area contributed by atoms with Crippen LogP contribution in [0.3, 0.4) is 0 Å². The molecular formula is C11H14N2OS. The summed E-state index contributed by atoms with van der Waals surface area (Å²) in [6, 6.07) is 8.26. The molecule has 1 heterocycles.